The number of carboxylic acid groups (broad SMARTS) is 1. The van der Waals surface area contributed by atoms with E-state index >= 15 is 0 Å². The Morgan fingerprint density at radius 3 is 2.43 bits per heavy atom. The summed E-state index contributed by atoms with van der Waals surface area (Å²) in [6.07, 6.45) is 1.11. The van der Waals surface area contributed by atoms with Crippen LogP contribution in [0.4, 0.5) is 4.79 Å². The number of amides is 2. The highest BCUT2D eigenvalue weighted by molar-refractivity contribution is 7.90. The fourth-order valence-electron chi connectivity index (χ4n) is 2.22. The highest BCUT2D eigenvalue weighted by Gasteiger charge is 2.40. The van der Waals surface area contributed by atoms with Crippen molar-refractivity contribution in [2.45, 2.75) is 13.0 Å². The number of ether oxygens (including phenoxy) is 1. The van der Waals surface area contributed by atoms with Crippen LogP contribution in [0.1, 0.15) is 6.92 Å². The Labute approximate surface area is 124 Å². The minimum atomic E-state index is -3.16. The zero-order valence-corrected chi connectivity index (χ0v) is 13.3. The number of hydrogen-bond donors (Lipinski definition) is 1. The maximum Gasteiger partial charge on any atom is 0.320 e. The number of nitrogens with zero attached hydrogens (tertiary/aromatic N) is 2. The summed E-state index contributed by atoms with van der Waals surface area (Å²) in [7, 11) is -1.66. The summed E-state index contributed by atoms with van der Waals surface area (Å²) in [5, 5.41) is 9.15. The molecule has 1 aliphatic rings. The monoisotopic (exact) mass is 322 g/mol. The molecule has 1 N–H and O–H groups in total. The molecule has 0 saturated carbocycles. The van der Waals surface area contributed by atoms with Gasteiger partial charge in [-0.05, 0) is 6.92 Å². The second-order valence-electron chi connectivity index (χ2n) is 5.17. The Morgan fingerprint density at radius 2 is 1.95 bits per heavy atom. The van der Waals surface area contributed by atoms with Crippen LogP contribution in [0.15, 0.2) is 0 Å². The summed E-state index contributed by atoms with van der Waals surface area (Å²) < 4.78 is 27.5. The first-order valence-electron chi connectivity index (χ1n) is 6.67. The van der Waals surface area contributed by atoms with E-state index in [1.165, 1.54) is 16.8 Å². The van der Waals surface area contributed by atoms with Gasteiger partial charge < -0.3 is 19.6 Å². The first kappa shape index (κ1) is 17.7. The average Bonchev–Trinajstić information content (AvgIpc) is 2.85. The van der Waals surface area contributed by atoms with Gasteiger partial charge in [0.1, 0.15) is 15.8 Å². The molecule has 0 spiro atoms. The van der Waals surface area contributed by atoms with E-state index in [1.54, 1.807) is 6.92 Å². The van der Waals surface area contributed by atoms with Crippen molar-refractivity contribution in [2.75, 3.05) is 45.4 Å². The number of carboxylic acids is 1. The number of aliphatic carboxylic acids is 1. The highest BCUT2D eigenvalue weighted by atomic mass is 32.2. The zero-order valence-electron chi connectivity index (χ0n) is 12.5. The van der Waals surface area contributed by atoms with E-state index < -0.39 is 27.8 Å². The van der Waals surface area contributed by atoms with E-state index in [2.05, 4.69) is 0 Å². The van der Waals surface area contributed by atoms with Crippen molar-refractivity contribution in [3.63, 3.8) is 0 Å². The lowest BCUT2D eigenvalue weighted by atomic mass is 10.0. The summed E-state index contributed by atoms with van der Waals surface area (Å²) in [5.74, 6) is -1.88. The lowest BCUT2D eigenvalue weighted by Crippen LogP contribution is -2.51. The second kappa shape index (κ2) is 7.08. The molecule has 0 aromatic carbocycles. The smallest absolute Gasteiger partial charge is 0.320 e. The first-order chi connectivity index (χ1) is 9.67. The van der Waals surface area contributed by atoms with Gasteiger partial charge in [0.25, 0.3) is 0 Å². The molecule has 2 atom stereocenters. The third kappa shape index (κ3) is 4.85. The molecule has 2 unspecified atom stereocenters. The first-order valence-corrected chi connectivity index (χ1v) is 8.73. The van der Waals surface area contributed by atoms with Crippen molar-refractivity contribution in [1.29, 1.82) is 0 Å². The van der Waals surface area contributed by atoms with Crippen LogP contribution in [-0.4, -0.2) is 86.7 Å². The Kier molecular flexibility index (Phi) is 5.97. The largest absolute Gasteiger partial charge is 0.481 e. The van der Waals surface area contributed by atoms with Crippen LogP contribution in [0.25, 0.3) is 0 Å². The molecule has 0 aromatic heterocycles. The summed E-state index contributed by atoms with van der Waals surface area (Å²) in [5.41, 5.74) is 0. The van der Waals surface area contributed by atoms with Crippen LogP contribution in [0, 0.1) is 5.92 Å². The van der Waals surface area contributed by atoms with Crippen LogP contribution >= 0.6 is 0 Å². The van der Waals surface area contributed by atoms with Crippen molar-refractivity contribution < 1.29 is 27.9 Å². The molecule has 2 amide bonds. The van der Waals surface area contributed by atoms with Crippen LogP contribution in [0.2, 0.25) is 0 Å². The van der Waals surface area contributed by atoms with Gasteiger partial charge in [-0.1, -0.05) is 0 Å². The molecule has 9 heteroatoms. The van der Waals surface area contributed by atoms with Gasteiger partial charge in [-0.2, -0.15) is 0 Å². The molecule has 1 aliphatic heterocycles. The van der Waals surface area contributed by atoms with Crippen molar-refractivity contribution in [2.24, 2.45) is 5.92 Å². The SMILES string of the molecule is CCN(C(=O)N(C)CCS(C)(=O)=O)C1COCC1C(=O)O. The molecule has 1 heterocycles. The molecule has 8 nitrogen and oxygen atoms in total. The fourth-order valence-corrected chi connectivity index (χ4v) is 2.82. The van der Waals surface area contributed by atoms with Crippen molar-refractivity contribution in [1.82, 2.24) is 9.80 Å². The minimum absolute atomic E-state index is 0.0689. The average molecular weight is 322 g/mol. The van der Waals surface area contributed by atoms with Gasteiger partial charge in [-0.25, -0.2) is 13.2 Å². The van der Waals surface area contributed by atoms with Gasteiger partial charge >= 0.3 is 12.0 Å². The van der Waals surface area contributed by atoms with Crippen molar-refractivity contribution >= 4 is 21.8 Å². The molecule has 1 rings (SSSR count). The third-order valence-electron chi connectivity index (χ3n) is 3.48. The van der Waals surface area contributed by atoms with Gasteiger partial charge in [0.15, 0.2) is 0 Å². The Hall–Kier alpha value is -1.35. The second-order valence-corrected chi connectivity index (χ2v) is 7.43. The van der Waals surface area contributed by atoms with E-state index in [4.69, 9.17) is 9.84 Å². The number of urea groups is 1. The van der Waals surface area contributed by atoms with Gasteiger partial charge in [-0.15, -0.1) is 0 Å². The molecule has 0 radical (unpaired) electrons. The molecule has 21 heavy (non-hydrogen) atoms. The maximum atomic E-state index is 12.4. The summed E-state index contributed by atoms with van der Waals surface area (Å²) in [6.45, 7) is 2.41. The minimum Gasteiger partial charge on any atom is -0.481 e. The quantitative estimate of drug-likeness (QED) is 0.707. The standard InChI is InChI=1S/C12H22N2O6S/c1-4-14(10-8-20-7-9(10)11(15)16)12(17)13(2)5-6-21(3,18)19/h9-10H,4-8H2,1-3H3,(H,15,16). The van der Waals surface area contributed by atoms with Crippen LogP contribution < -0.4 is 0 Å². The molecule has 1 fully saturated rings. The third-order valence-corrected chi connectivity index (χ3v) is 4.40. The normalized spacial score (nSPS) is 22.0. The zero-order chi connectivity index (χ0) is 16.2. The van der Waals surface area contributed by atoms with E-state index in [0.717, 1.165) is 6.26 Å². The number of likely N-dealkylation sites (N-methyl/N-ethyl adjacent to an activating group) is 1. The maximum absolute atomic E-state index is 12.4. The molecule has 1 saturated heterocycles. The van der Waals surface area contributed by atoms with E-state index in [1.807, 2.05) is 0 Å². The molecular formula is C12H22N2O6S. The lowest BCUT2D eigenvalue weighted by molar-refractivity contribution is -0.142. The molecule has 122 valence electrons. The number of hydrogen-bond acceptors (Lipinski definition) is 5. The molecule has 0 aromatic rings. The van der Waals surface area contributed by atoms with Gasteiger partial charge in [-0.3, -0.25) is 4.79 Å². The van der Waals surface area contributed by atoms with E-state index in [-0.39, 0.29) is 31.5 Å². The number of rotatable bonds is 6. The van der Waals surface area contributed by atoms with Gasteiger partial charge in [0.2, 0.25) is 0 Å². The van der Waals surface area contributed by atoms with Crippen molar-refractivity contribution in [3.8, 4) is 0 Å². The van der Waals surface area contributed by atoms with Crippen LogP contribution in [0.5, 0.6) is 0 Å². The Morgan fingerprint density at radius 1 is 1.33 bits per heavy atom. The van der Waals surface area contributed by atoms with Crippen molar-refractivity contribution in [3.05, 3.63) is 0 Å². The summed E-state index contributed by atoms with van der Waals surface area (Å²) >= 11 is 0. The molecule has 0 aliphatic carbocycles. The Bertz CT molecular complexity index is 492. The topological polar surface area (TPSA) is 104 Å². The van der Waals surface area contributed by atoms with E-state index in [9.17, 15) is 18.0 Å². The highest BCUT2D eigenvalue weighted by Crippen LogP contribution is 2.21. The summed E-state index contributed by atoms with van der Waals surface area (Å²) in [6, 6.07) is -0.913. The Balaban J connectivity index is 2.74. The van der Waals surface area contributed by atoms with Gasteiger partial charge in [0.05, 0.1) is 25.0 Å². The summed E-state index contributed by atoms with van der Waals surface area (Å²) in [4.78, 5) is 26.2. The fraction of sp³-hybridized carbons (Fsp3) is 0.833. The number of carbonyl (C=O) groups excluding carboxylic acids is 1. The van der Waals surface area contributed by atoms with Crippen LogP contribution in [-0.2, 0) is 19.4 Å². The molecular weight excluding hydrogens is 300 g/mol. The predicted molar refractivity (Wildman–Crippen MR) is 75.8 cm³/mol. The van der Waals surface area contributed by atoms with E-state index in [0.29, 0.717) is 6.54 Å². The number of sulfone groups is 1. The van der Waals surface area contributed by atoms with Gasteiger partial charge in [0, 0.05) is 26.4 Å². The van der Waals surface area contributed by atoms with Crippen LogP contribution in [0.3, 0.4) is 0 Å². The number of carbonyl (C=O) groups is 2. The predicted octanol–water partition coefficient (Wildman–Crippen LogP) is -0.496. The molecule has 0 bridgehead atoms. The lowest BCUT2D eigenvalue weighted by Gasteiger charge is -2.33.